The van der Waals surface area contributed by atoms with E-state index in [0.717, 1.165) is 34.1 Å². The Balaban J connectivity index is 1.32. The third-order valence-corrected chi connectivity index (χ3v) is 9.36. The minimum atomic E-state index is -1.81. The van der Waals surface area contributed by atoms with Crippen LogP contribution in [0.2, 0.25) is 0 Å². The van der Waals surface area contributed by atoms with Crippen LogP contribution in [-0.4, -0.2) is 105 Å². The zero-order valence-electron chi connectivity index (χ0n) is 24.0. The van der Waals surface area contributed by atoms with Crippen LogP contribution >= 0.6 is 39.0 Å². The van der Waals surface area contributed by atoms with Crippen LogP contribution in [0.25, 0.3) is 11.0 Å². The molecule has 2 aliphatic heterocycles. The Bertz CT molecular complexity index is 1930. The fourth-order valence-electron chi connectivity index (χ4n) is 4.30. The number of halogens is 1. The Morgan fingerprint density at radius 3 is 2.40 bits per heavy atom. The largest absolute Gasteiger partial charge is 0.504 e. The number of hydrogen-bond acceptors (Lipinski definition) is 15. The number of aromatic nitrogens is 3. The predicted molar refractivity (Wildman–Crippen MR) is 168 cm³/mol. The summed E-state index contributed by atoms with van der Waals surface area (Å²) in [6, 6.07) is 1.10. The summed E-state index contributed by atoms with van der Waals surface area (Å²) >= 11 is 5.26. The number of amides is 3. The van der Waals surface area contributed by atoms with E-state index in [0.29, 0.717) is 0 Å². The number of rotatable bonds is 10. The van der Waals surface area contributed by atoms with Gasteiger partial charge in [0.15, 0.2) is 28.0 Å². The van der Waals surface area contributed by atoms with Crippen molar-refractivity contribution in [1.29, 1.82) is 0 Å². The van der Waals surface area contributed by atoms with E-state index in [1.165, 1.54) is 25.3 Å². The molecule has 4 heterocycles. The molecule has 0 spiro atoms. The van der Waals surface area contributed by atoms with Crippen molar-refractivity contribution < 1.29 is 49.2 Å². The molecule has 2 aliphatic rings. The molecule has 246 valence electrons. The monoisotopic (exact) mass is 750 g/mol. The predicted octanol–water partition coefficient (Wildman–Crippen LogP) is 0.595. The first kappa shape index (κ1) is 33.3. The first-order valence-corrected chi connectivity index (χ1v) is 15.9. The first-order valence-electron chi connectivity index (χ1n) is 13.2. The topological polar surface area (TPSA) is 280 Å². The summed E-state index contributed by atoms with van der Waals surface area (Å²) in [5.74, 6) is -6.08. The fourth-order valence-corrected chi connectivity index (χ4v) is 6.66. The number of carbonyl (C=O) groups is 5. The van der Waals surface area contributed by atoms with Gasteiger partial charge in [-0.2, -0.15) is 0 Å². The first-order chi connectivity index (χ1) is 22.1. The molecule has 0 radical (unpaired) electrons. The SMILES string of the molecule is CC(C)(O/N=C(\C(=O)NC1C(=O)N2C(C(=O)O)=C(CNC(=O)c3nc4cc(O)c(O)cc4nc3Br)CS[C@H]12)c1csc(N)n1)C(=O)O. The highest BCUT2D eigenvalue weighted by atomic mass is 79.9. The summed E-state index contributed by atoms with van der Waals surface area (Å²) in [5, 5.41) is 48.2. The van der Waals surface area contributed by atoms with Crippen LogP contribution in [0.15, 0.2) is 38.5 Å². The molecule has 3 amide bonds. The minimum absolute atomic E-state index is 0.0229. The van der Waals surface area contributed by atoms with Gasteiger partial charge in [-0.05, 0) is 35.4 Å². The molecular formula is C26H23BrN8O10S2. The van der Waals surface area contributed by atoms with E-state index in [1.54, 1.807) is 0 Å². The number of aromatic hydroxyl groups is 2. The molecule has 1 unspecified atom stereocenters. The number of nitrogens with zero attached hydrogens (tertiary/aromatic N) is 5. The van der Waals surface area contributed by atoms with Gasteiger partial charge < -0.3 is 41.6 Å². The molecule has 0 saturated carbocycles. The summed E-state index contributed by atoms with van der Waals surface area (Å²) in [7, 11) is 0. The second-order valence-electron chi connectivity index (χ2n) is 10.4. The maximum absolute atomic E-state index is 13.3. The minimum Gasteiger partial charge on any atom is -0.504 e. The number of phenolic OH excluding ortho intramolecular Hbond substituents is 2. The number of carboxylic acid groups (broad SMARTS) is 2. The van der Waals surface area contributed by atoms with Crippen LogP contribution in [0.3, 0.4) is 0 Å². The normalized spacial score (nSPS) is 18.0. The second-order valence-corrected chi connectivity index (χ2v) is 13.2. The Morgan fingerprint density at radius 2 is 1.81 bits per heavy atom. The van der Waals surface area contributed by atoms with Gasteiger partial charge in [0.05, 0.1) is 11.0 Å². The molecule has 1 saturated heterocycles. The molecule has 8 N–H and O–H groups in total. The van der Waals surface area contributed by atoms with Crippen molar-refractivity contribution in [1.82, 2.24) is 30.5 Å². The summed E-state index contributed by atoms with van der Waals surface area (Å²) < 4.78 is 0.0229. The Morgan fingerprint density at radius 1 is 1.15 bits per heavy atom. The molecule has 21 heteroatoms. The summed E-state index contributed by atoms with van der Waals surface area (Å²) in [6.45, 7) is 2.14. The van der Waals surface area contributed by atoms with Gasteiger partial charge in [-0.25, -0.2) is 24.5 Å². The van der Waals surface area contributed by atoms with Gasteiger partial charge in [-0.1, -0.05) is 5.16 Å². The molecule has 2 aromatic heterocycles. The van der Waals surface area contributed by atoms with E-state index >= 15 is 0 Å². The van der Waals surface area contributed by atoms with Gasteiger partial charge >= 0.3 is 11.9 Å². The van der Waals surface area contributed by atoms with Gasteiger partial charge in [0.2, 0.25) is 5.60 Å². The second kappa shape index (κ2) is 12.6. The number of nitrogen functional groups attached to an aromatic ring is 1. The molecule has 0 aliphatic carbocycles. The van der Waals surface area contributed by atoms with E-state index in [2.05, 4.69) is 46.7 Å². The third kappa shape index (κ3) is 6.49. The van der Waals surface area contributed by atoms with Gasteiger partial charge in [0.25, 0.3) is 17.7 Å². The van der Waals surface area contributed by atoms with Crippen LogP contribution in [0.5, 0.6) is 11.5 Å². The Labute approximate surface area is 279 Å². The van der Waals surface area contributed by atoms with Crippen LogP contribution in [0, 0.1) is 0 Å². The third-order valence-electron chi connectivity index (χ3n) is 6.79. The van der Waals surface area contributed by atoms with Crippen molar-refractivity contribution in [3.8, 4) is 11.5 Å². The number of hydrogen-bond donors (Lipinski definition) is 7. The Hall–Kier alpha value is -5.02. The van der Waals surface area contributed by atoms with Crippen LogP contribution in [0.1, 0.15) is 30.0 Å². The van der Waals surface area contributed by atoms with Crippen LogP contribution < -0.4 is 16.4 Å². The lowest BCUT2D eigenvalue weighted by Crippen LogP contribution is -2.71. The van der Waals surface area contributed by atoms with Crippen LogP contribution in [0.4, 0.5) is 5.13 Å². The maximum atomic E-state index is 13.3. The van der Waals surface area contributed by atoms with Gasteiger partial charge in [-0.3, -0.25) is 19.3 Å². The average molecular weight is 752 g/mol. The van der Waals surface area contributed by atoms with Gasteiger partial charge in [-0.15, -0.1) is 23.1 Å². The number of nitrogens with two attached hydrogens (primary N) is 1. The lowest BCUT2D eigenvalue weighted by Gasteiger charge is -2.49. The van der Waals surface area contributed by atoms with Crippen molar-refractivity contribution in [2.45, 2.75) is 30.9 Å². The highest BCUT2D eigenvalue weighted by Gasteiger charge is 2.54. The molecule has 47 heavy (non-hydrogen) atoms. The number of benzene rings is 1. The lowest BCUT2D eigenvalue weighted by molar-refractivity contribution is -0.161. The van der Waals surface area contributed by atoms with Crippen molar-refractivity contribution in [2.24, 2.45) is 5.16 Å². The molecule has 1 fully saturated rings. The summed E-state index contributed by atoms with van der Waals surface area (Å²) in [5.41, 5.74) is 3.32. The average Bonchev–Trinajstić information content (AvgIpc) is 3.43. The van der Waals surface area contributed by atoms with Gasteiger partial charge in [0.1, 0.15) is 27.4 Å². The lowest BCUT2D eigenvalue weighted by atomic mass is 10.0. The highest BCUT2D eigenvalue weighted by molar-refractivity contribution is 9.10. The number of anilines is 1. The number of fused-ring (bicyclic) bond motifs is 2. The van der Waals surface area contributed by atoms with Crippen molar-refractivity contribution in [2.75, 3.05) is 18.0 Å². The molecular weight excluding hydrogens is 728 g/mol. The number of β-lactam (4-membered cyclic amide) rings is 1. The summed E-state index contributed by atoms with van der Waals surface area (Å²) in [6.07, 6.45) is 0. The number of carboxylic acids is 2. The standard InChI is InChI=1S/C26H23BrN8O10S2/c1-26(2,24(43)44)45-34-14(11-7-47-25(28)32-11)20(39)33-16-21(40)35-17(23(41)42)8(6-46-22(16)35)5-29-19(38)15-18(27)31-10-4-13(37)12(36)3-9(10)30-15/h3-4,7,16,22,36-37H,5-6H2,1-2H3,(H2,28,32)(H,29,38)(H,33,39)(H,41,42)(H,43,44)/b34-14-/t16?,22-/m1/s1. The molecule has 2 atom stereocenters. The molecule has 3 aromatic rings. The van der Waals surface area contributed by atoms with E-state index in [9.17, 15) is 44.4 Å². The Kier molecular flexibility index (Phi) is 8.97. The van der Waals surface area contributed by atoms with E-state index in [-0.39, 0.29) is 55.7 Å². The number of thiazole rings is 1. The highest BCUT2D eigenvalue weighted by Crippen LogP contribution is 2.40. The number of aliphatic carboxylic acids is 2. The number of thioether (sulfide) groups is 1. The number of oxime groups is 1. The van der Waals surface area contributed by atoms with Gasteiger partial charge in [0, 0.05) is 29.8 Å². The number of phenols is 2. The molecule has 1 aromatic carbocycles. The van der Waals surface area contributed by atoms with E-state index < -0.39 is 63.9 Å². The maximum Gasteiger partial charge on any atom is 0.352 e. The summed E-state index contributed by atoms with van der Waals surface area (Å²) in [4.78, 5) is 81.6. The van der Waals surface area contributed by atoms with E-state index in [4.69, 9.17) is 10.6 Å². The fraction of sp³-hybridized carbons (Fsp3) is 0.269. The zero-order chi connectivity index (χ0) is 34.4. The molecule has 5 rings (SSSR count). The van der Waals surface area contributed by atoms with Crippen molar-refractivity contribution in [3.05, 3.63) is 44.8 Å². The van der Waals surface area contributed by atoms with Crippen LogP contribution in [-0.2, 0) is 24.0 Å². The zero-order valence-corrected chi connectivity index (χ0v) is 27.3. The number of carbonyl (C=O) groups excluding carboxylic acids is 3. The smallest absolute Gasteiger partial charge is 0.352 e. The van der Waals surface area contributed by atoms with E-state index in [1.807, 2.05) is 0 Å². The molecule has 18 nitrogen and oxygen atoms in total. The molecule has 0 bridgehead atoms. The van der Waals surface area contributed by atoms with Crippen molar-refractivity contribution in [3.63, 3.8) is 0 Å². The van der Waals surface area contributed by atoms with Crippen molar-refractivity contribution >= 4 is 90.6 Å². The quantitative estimate of drug-likeness (QED) is 0.0646. The number of nitrogens with one attached hydrogen (secondary N) is 2.